The summed E-state index contributed by atoms with van der Waals surface area (Å²) >= 11 is 3.42. The van der Waals surface area contributed by atoms with Crippen LogP contribution in [0.1, 0.15) is 36.8 Å². The van der Waals surface area contributed by atoms with E-state index in [2.05, 4.69) is 20.9 Å². The van der Waals surface area contributed by atoms with Crippen molar-refractivity contribution < 1.29 is 4.79 Å². The fourth-order valence-electron chi connectivity index (χ4n) is 2.63. The number of pyridine rings is 1. The van der Waals surface area contributed by atoms with Gasteiger partial charge in [0, 0.05) is 17.6 Å². The molecule has 0 radical (unpaired) electrons. The second kappa shape index (κ2) is 7.35. The molecule has 1 aromatic carbocycles. The summed E-state index contributed by atoms with van der Waals surface area (Å²) in [6, 6.07) is 12.3. The Hall–Kier alpha value is -2.21. The van der Waals surface area contributed by atoms with Crippen LogP contribution < -0.4 is 11.3 Å². The molecule has 1 atom stereocenters. The molecule has 6 heteroatoms. The van der Waals surface area contributed by atoms with Gasteiger partial charge in [-0.05, 0) is 36.6 Å². The highest BCUT2D eigenvalue weighted by Gasteiger charge is 2.35. The predicted molar refractivity (Wildman–Crippen MR) is 104 cm³/mol. The Bertz CT molecular complexity index is 869. The van der Waals surface area contributed by atoms with Crippen molar-refractivity contribution in [3.63, 3.8) is 0 Å². The lowest BCUT2D eigenvalue weighted by molar-refractivity contribution is 0.0992. The average molecular weight is 404 g/mol. The number of hydrogen-bond donors (Lipinski definition) is 1. The van der Waals surface area contributed by atoms with Crippen LogP contribution in [0, 0.1) is 5.92 Å². The minimum absolute atomic E-state index is 0.116. The first-order chi connectivity index (χ1) is 11.7. The predicted octanol–water partition coefficient (Wildman–Crippen LogP) is 3.26. The van der Waals surface area contributed by atoms with Gasteiger partial charge in [0.2, 0.25) is 0 Å². The number of halogens is 1. The molecule has 0 aliphatic heterocycles. The number of benzene rings is 1. The summed E-state index contributed by atoms with van der Waals surface area (Å²) in [5, 5.41) is 0. The third kappa shape index (κ3) is 3.74. The Kier molecular flexibility index (Phi) is 5.62. The number of nitrogens with two attached hydrogens (primary N) is 1. The van der Waals surface area contributed by atoms with Crippen LogP contribution in [0.3, 0.4) is 0 Å². The number of hydrogen-bond acceptors (Lipinski definition) is 2. The van der Waals surface area contributed by atoms with E-state index in [0.29, 0.717) is 0 Å². The Balaban J connectivity index is 2.49. The second-order valence-electron chi connectivity index (χ2n) is 6.47. The van der Waals surface area contributed by atoms with Crippen LogP contribution in [0.25, 0.3) is 0 Å². The van der Waals surface area contributed by atoms with Crippen molar-refractivity contribution in [2.75, 3.05) is 0 Å². The van der Waals surface area contributed by atoms with E-state index < -0.39 is 11.3 Å². The maximum absolute atomic E-state index is 12.5. The molecule has 1 unspecified atom stereocenters. The number of carbonyl (C=O) groups excluding carboxylic acids is 1. The minimum atomic E-state index is -0.607. The zero-order valence-electron chi connectivity index (χ0n) is 14.8. The van der Waals surface area contributed by atoms with Gasteiger partial charge in [-0.25, -0.2) is 0 Å². The fraction of sp³-hybridized carbons (Fsp3) is 0.316. The molecule has 0 spiro atoms. The van der Waals surface area contributed by atoms with Gasteiger partial charge in [-0.2, -0.15) is 4.99 Å². The van der Waals surface area contributed by atoms with Crippen LogP contribution in [0.4, 0.5) is 0 Å². The number of aromatic nitrogens is 1. The lowest BCUT2D eigenvalue weighted by Gasteiger charge is -2.33. The number of carbonyl (C=O) groups is 1. The van der Waals surface area contributed by atoms with Crippen LogP contribution in [-0.4, -0.2) is 16.3 Å². The standard InChI is InChI=1S/C19H22BrN3O2/c1-12(2)19(3,13-8-10-14(20)11-9-13)18(21)22-17(25)15-6-5-7-16(24)23(15)4/h5-12H,1-4H3,(H2,21,22,25). The van der Waals surface area contributed by atoms with E-state index in [0.717, 1.165) is 10.0 Å². The third-order valence-electron chi connectivity index (χ3n) is 4.76. The summed E-state index contributed by atoms with van der Waals surface area (Å²) in [7, 11) is 1.54. The van der Waals surface area contributed by atoms with Crippen molar-refractivity contribution in [1.82, 2.24) is 4.57 Å². The highest BCUT2D eigenvalue weighted by Crippen LogP contribution is 2.33. The zero-order chi connectivity index (χ0) is 18.8. The van der Waals surface area contributed by atoms with E-state index >= 15 is 0 Å². The van der Waals surface area contributed by atoms with Gasteiger partial charge in [0.05, 0.1) is 5.41 Å². The molecule has 1 heterocycles. The smallest absolute Gasteiger partial charge is 0.295 e. The number of rotatable bonds is 4. The van der Waals surface area contributed by atoms with E-state index in [-0.39, 0.29) is 23.0 Å². The molecule has 0 saturated heterocycles. The average Bonchev–Trinajstić information content (AvgIpc) is 2.56. The van der Waals surface area contributed by atoms with Crippen LogP contribution in [0.2, 0.25) is 0 Å². The van der Waals surface area contributed by atoms with E-state index in [1.807, 2.05) is 45.0 Å². The second-order valence-corrected chi connectivity index (χ2v) is 7.39. The Morgan fingerprint density at radius 3 is 2.36 bits per heavy atom. The highest BCUT2D eigenvalue weighted by atomic mass is 79.9. The van der Waals surface area contributed by atoms with Crippen molar-refractivity contribution in [1.29, 1.82) is 0 Å². The van der Waals surface area contributed by atoms with Gasteiger partial charge >= 0.3 is 0 Å². The Labute approximate surface area is 155 Å². The molecule has 2 N–H and O–H groups in total. The van der Waals surface area contributed by atoms with Gasteiger partial charge in [-0.15, -0.1) is 0 Å². The molecule has 0 bridgehead atoms. The fourth-order valence-corrected chi connectivity index (χ4v) is 2.90. The van der Waals surface area contributed by atoms with E-state index in [1.54, 1.807) is 6.07 Å². The summed E-state index contributed by atoms with van der Waals surface area (Å²) in [6.07, 6.45) is 0. The molecule has 2 rings (SSSR count). The summed E-state index contributed by atoms with van der Waals surface area (Å²) in [5.74, 6) is -0.183. The van der Waals surface area contributed by atoms with Gasteiger partial charge in [0.1, 0.15) is 11.5 Å². The molecular formula is C19H22BrN3O2. The van der Waals surface area contributed by atoms with E-state index in [1.165, 1.54) is 23.7 Å². The molecule has 1 aromatic heterocycles. The Morgan fingerprint density at radius 1 is 1.20 bits per heavy atom. The largest absolute Gasteiger partial charge is 0.386 e. The highest BCUT2D eigenvalue weighted by molar-refractivity contribution is 9.10. The first kappa shape index (κ1) is 19.1. The summed E-state index contributed by atoms with van der Waals surface area (Å²) in [5.41, 5.74) is 6.59. The monoisotopic (exact) mass is 403 g/mol. The van der Waals surface area contributed by atoms with Crippen molar-refractivity contribution in [2.45, 2.75) is 26.2 Å². The molecule has 0 saturated carbocycles. The molecule has 5 nitrogen and oxygen atoms in total. The normalized spacial score (nSPS) is 14.4. The number of amidine groups is 1. The first-order valence-electron chi connectivity index (χ1n) is 7.99. The summed E-state index contributed by atoms with van der Waals surface area (Å²) < 4.78 is 2.24. The topological polar surface area (TPSA) is 77.4 Å². The molecule has 0 aliphatic carbocycles. The molecule has 132 valence electrons. The first-order valence-corrected chi connectivity index (χ1v) is 8.78. The maximum atomic E-state index is 12.5. The molecule has 0 aliphatic rings. The van der Waals surface area contributed by atoms with E-state index in [9.17, 15) is 9.59 Å². The molecule has 0 fully saturated rings. The van der Waals surface area contributed by atoms with Crippen molar-refractivity contribution in [3.8, 4) is 0 Å². The lowest BCUT2D eigenvalue weighted by Crippen LogP contribution is -2.43. The number of aliphatic imine (C=N–C) groups is 1. The van der Waals surface area contributed by atoms with Crippen LogP contribution in [-0.2, 0) is 12.5 Å². The van der Waals surface area contributed by atoms with Crippen LogP contribution in [0.15, 0.2) is 56.7 Å². The number of amides is 1. The quantitative estimate of drug-likeness (QED) is 0.628. The molecular weight excluding hydrogens is 382 g/mol. The van der Waals surface area contributed by atoms with Gasteiger partial charge in [-0.3, -0.25) is 9.59 Å². The van der Waals surface area contributed by atoms with Gasteiger partial charge in [0.15, 0.2) is 0 Å². The molecule has 25 heavy (non-hydrogen) atoms. The van der Waals surface area contributed by atoms with Crippen molar-refractivity contribution in [3.05, 3.63) is 68.5 Å². The summed E-state index contributed by atoms with van der Waals surface area (Å²) in [4.78, 5) is 28.4. The Morgan fingerprint density at radius 2 is 1.80 bits per heavy atom. The molecule has 1 amide bonds. The van der Waals surface area contributed by atoms with E-state index in [4.69, 9.17) is 5.73 Å². The zero-order valence-corrected chi connectivity index (χ0v) is 16.4. The minimum Gasteiger partial charge on any atom is -0.386 e. The van der Waals surface area contributed by atoms with Crippen LogP contribution in [0.5, 0.6) is 0 Å². The van der Waals surface area contributed by atoms with Crippen molar-refractivity contribution in [2.24, 2.45) is 23.7 Å². The molecule has 2 aromatic rings. The number of nitrogens with zero attached hydrogens (tertiary/aromatic N) is 2. The van der Waals surface area contributed by atoms with Crippen LogP contribution >= 0.6 is 15.9 Å². The van der Waals surface area contributed by atoms with Crippen molar-refractivity contribution >= 4 is 27.7 Å². The SMILES string of the molecule is CC(C)C(C)(C(N)=NC(=O)c1cccc(=O)n1C)c1ccc(Br)cc1. The van der Waals surface area contributed by atoms with Gasteiger partial charge in [-0.1, -0.05) is 48.0 Å². The third-order valence-corrected chi connectivity index (χ3v) is 5.29. The lowest BCUT2D eigenvalue weighted by atomic mass is 9.72. The van der Waals surface area contributed by atoms with Gasteiger partial charge < -0.3 is 10.3 Å². The maximum Gasteiger partial charge on any atom is 0.295 e. The summed E-state index contributed by atoms with van der Waals surface area (Å²) in [6.45, 7) is 6.04. The van der Waals surface area contributed by atoms with Gasteiger partial charge in [0.25, 0.3) is 11.5 Å².